The number of hydrogen-bond acceptors (Lipinski definition) is 5. The second-order valence-corrected chi connectivity index (χ2v) is 7.56. The van der Waals surface area contributed by atoms with Crippen molar-refractivity contribution in [1.29, 1.82) is 0 Å². The van der Waals surface area contributed by atoms with Crippen molar-refractivity contribution in [2.45, 2.75) is 6.92 Å². The summed E-state index contributed by atoms with van der Waals surface area (Å²) in [4.78, 5) is 22.1. The van der Waals surface area contributed by atoms with Crippen LogP contribution in [0.5, 0.6) is 5.75 Å². The number of aromatic nitrogens is 2. The highest BCUT2D eigenvalue weighted by atomic mass is 35.5. The number of nitrogens with zero attached hydrogens (tertiary/aromatic N) is 2. The third-order valence-corrected chi connectivity index (χ3v) is 5.51. The fraction of sp³-hybridized carbons (Fsp3) is 0.0952. The zero-order valence-electron chi connectivity index (χ0n) is 15.0. The predicted molar refractivity (Wildman–Crippen MR) is 113 cm³/mol. The van der Waals surface area contributed by atoms with Gasteiger partial charge in [-0.3, -0.25) is 4.79 Å². The molecule has 1 amide bonds. The summed E-state index contributed by atoms with van der Waals surface area (Å²) in [5.74, 6) is 0.364. The van der Waals surface area contributed by atoms with Crippen LogP contribution < -0.4 is 10.1 Å². The van der Waals surface area contributed by atoms with Crippen LogP contribution in [-0.2, 0) is 4.79 Å². The van der Waals surface area contributed by atoms with E-state index in [1.54, 1.807) is 24.4 Å². The maximum absolute atomic E-state index is 12.2. The molecule has 0 fully saturated rings. The van der Waals surface area contributed by atoms with E-state index >= 15 is 0 Å². The minimum absolute atomic E-state index is 0.0869. The quantitative estimate of drug-likeness (QED) is 0.483. The second kappa shape index (κ2) is 7.96. The molecule has 0 saturated heterocycles. The number of pyridine rings is 1. The molecule has 0 aliphatic heterocycles. The molecule has 0 radical (unpaired) electrons. The minimum Gasteiger partial charge on any atom is -0.484 e. The fourth-order valence-corrected chi connectivity index (χ4v) is 3.70. The Morgan fingerprint density at radius 3 is 2.89 bits per heavy atom. The fourth-order valence-electron chi connectivity index (χ4n) is 2.68. The number of benzene rings is 2. The number of nitrogens with one attached hydrogen (secondary N) is 1. The molecule has 0 atom stereocenters. The molecule has 2 heterocycles. The average molecular weight is 410 g/mol. The highest BCUT2D eigenvalue weighted by molar-refractivity contribution is 7.21. The molecule has 2 aromatic carbocycles. The van der Waals surface area contributed by atoms with Gasteiger partial charge in [-0.15, -0.1) is 0 Å². The summed E-state index contributed by atoms with van der Waals surface area (Å²) >= 11 is 7.52. The molecule has 2 aromatic heterocycles. The molecule has 4 aromatic rings. The molecule has 5 nitrogen and oxygen atoms in total. The number of hydrogen-bond donors (Lipinski definition) is 1. The molecule has 0 aliphatic carbocycles. The van der Waals surface area contributed by atoms with Gasteiger partial charge in [0.05, 0.1) is 0 Å². The summed E-state index contributed by atoms with van der Waals surface area (Å²) < 4.78 is 5.54. The van der Waals surface area contributed by atoms with Gasteiger partial charge >= 0.3 is 0 Å². The summed E-state index contributed by atoms with van der Waals surface area (Å²) in [6, 6.07) is 16.7. The molecule has 0 aliphatic rings. The van der Waals surface area contributed by atoms with Crippen molar-refractivity contribution in [2.24, 2.45) is 0 Å². The van der Waals surface area contributed by atoms with Gasteiger partial charge in [-0.25, -0.2) is 9.97 Å². The van der Waals surface area contributed by atoms with Gasteiger partial charge in [0, 0.05) is 22.5 Å². The smallest absolute Gasteiger partial charge is 0.262 e. The Hall–Kier alpha value is -2.96. The van der Waals surface area contributed by atoms with Crippen molar-refractivity contribution in [3.05, 3.63) is 71.4 Å². The third kappa shape index (κ3) is 4.13. The lowest BCUT2D eigenvalue weighted by Gasteiger charge is -2.09. The molecular formula is C21H16ClN3O2S. The van der Waals surface area contributed by atoms with Crippen molar-refractivity contribution in [3.8, 4) is 16.3 Å². The highest BCUT2D eigenvalue weighted by Gasteiger charge is 2.09. The monoisotopic (exact) mass is 409 g/mol. The van der Waals surface area contributed by atoms with Crippen LogP contribution in [0.2, 0.25) is 5.02 Å². The van der Waals surface area contributed by atoms with Gasteiger partial charge < -0.3 is 10.1 Å². The van der Waals surface area contributed by atoms with Gasteiger partial charge in [-0.05, 0) is 55.0 Å². The first-order chi connectivity index (χ1) is 13.6. The number of amides is 1. The van der Waals surface area contributed by atoms with Crippen LogP contribution in [0.3, 0.4) is 0 Å². The Bertz CT molecular complexity index is 1130. The van der Waals surface area contributed by atoms with E-state index in [1.807, 2.05) is 43.3 Å². The molecule has 7 heteroatoms. The van der Waals surface area contributed by atoms with Gasteiger partial charge in [0.15, 0.2) is 6.61 Å². The van der Waals surface area contributed by atoms with E-state index in [0.29, 0.717) is 16.5 Å². The van der Waals surface area contributed by atoms with Gasteiger partial charge in [-0.1, -0.05) is 35.1 Å². The zero-order valence-corrected chi connectivity index (χ0v) is 16.6. The van der Waals surface area contributed by atoms with Crippen molar-refractivity contribution >= 4 is 44.9 Å². The Balaban J connectivity index is 1.44. The number of rotatable bonds is 5. The van der Waals surface area contributed by atoms with Crippen LogP contribution in [0.15, 0.2) is 60.8 Å². The molecule has 140 valence electrons. The molecule has 0 spiro atoms. The first kappa shape index (κ1) is 18.4. The molecule has 0 bridgehead atoms. The maximum Gasteiger partial charge on any atom is 0.262 e. The van der Waals surface area contributed by atoms with E-state index in [9.17, 15) is 4.79 Å². The summed E-state index contributed by atoms with van der Waals surface area (Å²) in [5.41, 5.74) is 3.38. The number of ether oxygens (including phenoxy) is 1. The van der Waals surface area contributed by atoms with Gasteiger partial charge in [0.2, 0.25) is 0 Å². The van der Waals surface area contributed by atoms with Crippen molar-refractivity contribution in [1.82, 2.24) is 9.97 Å². The molecule has 0 saturated carbocycles. The van der Waals surface area contributed by atoms with Crippen molar-refractivity contribution in [3.63, 3.8) is 0 Å². The molecule has 0 unspecified atom stereocenters. The van der Waals surface area contributed by atoms with Crippen LogP contribution >= 0.6 is 22.9 Å². The normalized spacial score (nSPS) is 10.8. The van der Waals surface area contributed by atoms with Gasteiger partial charge in [-0.2, -0.15) is 0 Å². The SMILES string of the molecule is Cc1cc(OCC(=O)Nc2cccc(-c3nc4cccnc4s3)c2)ccc1Cl. The molecule has 1 N–H and O–H groups in total. The lowest BCUT2D eigenvalue weighted by molar-refractivity contribution is -0.118. The van der Waals surface area contributed by atoms with E-state index < -0.39 is 0 Å². The van der Waals surface area contributed by atoms with Gasteiger partial charge in [0.1, 0.15) is 21.1 Å². The number of thiazole rings is 1. The maximum atomic E-state index is 12.2. The van der Waals surface area contributed by atoms with E-state index in [1.165, 1.54) is 11.3 Å². The topological polar surface area (TPSA) is 64.1 Å². The number of fused-ring (bicyclic) bond motifs is 1. The molecule has 28 heavy (non-hydrogen) atoms. The number of anilines is 1. The predicted octanol–water partition coefficient (Wildman–Crippen LogP) is 5.34. The van der Waals surface area contributed by atoms with E-state index in [-0.39, 0.29) is 12.5 Å². The Labute approximate surface area is 171 Å². The van der Waals surface area contributed by atoms with E-state index in [0.717, 1.165) is 26.5 Å². The minimum atomic E-state index is -0.240. The number of carbonyl (C=O) groups is 1. The van der Waals surface area contributed by atoms with E-state index in [2.05, 4.69) is 15.3 Å². The largest absolute Gasteiger partial charge is 0.484 e. The Kier molecular flexibility index (Phi) is 5.23. The number of carbonyl (C=O) groups excluding carboxylic acids is 1. The lowest BCUT2D eigenvalue weighted by Crippen LogP contribution is -2.20. The van der Waals surface area contributed by atoms with Gasteiger partial charge in [0.25, 0.3) is 5.91 Å². The van der Waals surface area contributed by atoms with Crippen LogP contribution in [0.1, 0.15) is 5.56 Å². The average Bonchev–Trinajstić information content (AvgIpc) is 3.13. The standard InChI is InChI=1S/C21H16ClN3O2S/c1-13-10-16(7-8-17(13)22)27-12-19(26)24-15-5-2-4-14(11-15)20-25-18-6-3-9-23-21(18)28-20/h2-11H,12H2,1H3,(H,24,26). The van der Waals surface area contributed by atoms with Crippen LogP contribution in [0, 0.1) is 6.92 Å². The zero-order chi connectivity index (χ0) is 19.5. The molecule has 4 rings (SSSR count). The van der Waals surface area contributed by atoms with E-state index in [4.69, 9.17) is 16.3 Å². The summed E-state index contributed by atoms with van der Waals surface area (Å²) in [6.07, 6.45) is 1.75. The number of halogens is 1. The summed E-state index contributed by atoms with van der Waals surface area (Å²) in [6.45, 7) is 1.80. The summed E-state index contributed by atoms with van der Waals surface area (Å²) in [5, 5.41) is 4.38. The molecular weight excluding hydrogens is 394 g/mol. The Morgan fingerprint density at radius 1 is 1.18 bits per heavy atom. The first-order valence-electron chi connectivity index (χ1n) is 8.59. The first-order valence-corrected chi connectivity index (χ1v) is 9.79. The Morgan fingerprint density at radius 2 is 2.07 bits per heavy atom. The highest BCUT2D eigenvalue weighted by Crippen LogP contribution is 2.30. The number of aryl methyl sites for hydroxylation is 1. The summed E-state index contributed by atoms with van der Waals surface area (Å²) in [7, 11) is 0. The third-order valence-electron chi connectivity index (χ3n) is 4.06. The van der Waals surface area contributed by atoms with Crippen LogP contribution in [0.4, 0.5) is 5.69 Å². The lowest BCUT2D eigenvalue weighted by atomic mass is 10.2. The van der Waals surface area contributed by atoms with Crippen molar-refractivity contribution in [2.75, 3.05) is 11.9 Å². The second-order valence-electron chi connectivity index (χ2n) is 6.18. The van der Waals surface area contributed by atoms with Crippen LogP contribution in [-0.4, -0.2) is 22.5 Å². The van der Waals surface area contributed by atoms with Crippen LogP contribution in [0.25, 0.3) is 20.9 Å². The van der Waals surface area contributed by atoms with Crippen molar-refractivity contribution < 1.29 is 9.53 Å².